The summed E-state index contributed by atoms with van der Waals surface area (Å²) in [6, 6.07) is 11.6. The highest BCUT2D eigenvalue weighted by Gasteiger charge is 2.15. The molecule has 2 heterocycles. The molecule has 3 aromatic rings. The van der Waals surface area contributed by atoms with Crippen molar-refractivity contribution in [3.05, 3.63) is 36.4 Å². The minimum atomic E-state index is 0.578. The Morgan fingerprint density at radius 3 is 2.48 bits per heavy atom. The first-order valence-electron chi connectivity index (χ1n) is 6.77. The van der Waals surface area contributed by atoms with Crippen LogP contribution in [0.3, 0.4) is 0 Å². The molecule has 106 valence electrons. The van der Waals surface area contributed by atoms with Gasteiger partial charge in [-0.1, -0.05) is 0 Å². The zero-order chi connectivity index (χ0) is 14.2. The van der Waals surface area contributed by atoms with Crippen molar-refractivity contribution in [1.82, 2.24) is 9.97 Å². The van der Waals surface area contributed by atoms with Crippen LogP contribution in [0, 0.1) is 0 Å². The average Bonchev–Trinajstić information content (AvgIpc) is 2.95. The van der Waals surface area contributed by atoms with E-state index in [2.05, 4.69) is 9.97 Å². The number of H-pyrrole nitrogens is 1. The van der Waals surface area contributed by atoms with Gasteiger partial charge in [0.1, 0.15) is 24.8 Å². The number of nitrogens with zero attached hydrogens (tertiary/aromatic N) is 1. The van der Waals surface area contributed by atoms with Gasteiger partial charge in [-0.3, -0.25) is 0 Å². The molecule has 0 fully saturated rings. The number of hydrogen-bond acceptors (Lipinski definition) is 4. The van der Waals surface area contributed by atoms with E-state index in [9.17, 15) is 0 Å². The van der Waals surface area contributed by atoms with Crippen LogP contribution >= 0.6 is 0 Å². The minimum absolute atomic E-state index is 0.578. The molecular formula is C16H14N2O3. The number of benzene rings is 2. The van der Waals surface area contributed by atoms with Crippen LogP contribution < -0.4 is 14.2 Å². The summed E-state index contributed by atoms with van der Waals surface area (Å²) in [4.78, 5) is 7.93. The molecule has 0 radical (unpaired) electrons. The Balaban J connectivity index is 1.78. The van der Waals surface area contributed by atoms with Crippen molar-refractivity contribution >= 4 is 11.0 Å². The lowest BCUT2D eigenvalue weighted by atomic mass is 10.2. The van der Waals surface area contributed by atoms with Crippen molar-refractivity contribution in [2.24, 2.45) is 0 Å². The largest absolute Gasteiger partial charge is 0.497 e. The Bertz CT molecular complexity index is 750. The van der Waals surface area contributed by atoms with Gasteiger partial charge in [0, 0.05) is 17.7 Å². The predicted molar refractivity (Wildman–Crippen MR) is 79.1 cm³/mol. The topological polar surface area (TPSA) is 56.4 Å². The second-order valence-corrected chi connectivity index (χ2v) is 4.83. The van der Waals surface area contributed by atoms with Crippen molar-refractivity contribution in [2.75, 3.05) is 20.3 Å². The molecule has 1 aliphatic rings. The minimum Gasteiger partial charge on any atom is -0.497 e. The molecule has 0 spiro atoms. The molecule has 5 nitrogen and oxygen atoms in total. The lowest BCUT2D eigenvalue weighted by Crippen LogP contribution is -2.15. The SMILES string of the molecule is COc1ccc(-c2nc3cc4c(cc3[nH]2)OCCO4)cc1. The highest BCUT2D eigenvalue weighted by atomic mass is 16.6. The zero-order valence-corrected chi connectivity index (χ0v) is 11.6. The van der Waals surface area contributed by atoms with Crippen molar-refractivity contribution in [2.45, 2.75) is 0 Å². The summed E-state index contributed by atoms with van der Waals surface area (Å²) in [5.74, 6) is 3.15. The van der Waals surface area contributed by atoms with Crippen LogP contribution in [-0.2, 0) is 0 Å². The first-order valence-corrected chi connectivity index (χ1v) is 6.77. The average molecular weight is 282 g/mol. The number of hydrogen-bond donors (Lipinski definition) is 1. The smallest absolute Gasteiger partial charge is 0.163 e. The quantitative estimate of drug-likeness (QED) is 0.785. The van der Waals surface area contributed by atoms with E-state index in [1.54, 1.807) is 7.11 Å². The summed E-state index contributed by atoms with van der Waals surface area (Å²) in [5, 5.41) is 0. The first kappa shape index (κ1) is 12.1. The number of rotatable bonds is 2. The van der Waals surface area contributed by atoms with Gasteiger partial charge < -0.3 is 19.2 Å². The standard InChI is InChI=1S/C16H14N2O3/c1-19-11-4-2-10(3-5-11)16-17-12-8-14-15(9-13(12)18-16)21-7-6-20-14/h2-5,8-9H,6-7H2,1H3,(H,17,18). The van der Waals surface area contributed by atoms with E-state index in [0.717, 1.165) is 39.7 Å². The third-order valence-electron chi connectivity index (χ3n) is 3.51. The third-order valence-corrected chi connectivity index (χ3v) is 3.51. The third kappa shape index (κ3) is 2.07. The van der Waals surface area contributed by atoms with Crippen molar-refractivity contribution in [3.63, 3.8) is 0 Å². The molecule has 1 N–H and O–H groups in total. The van der Waals surface area contributed by atoms with Crippen LogP contribution in [0.5, 0.6) is 17.2 Å². The first-order chi connectivity index (χ1) is 10.3. The summed E-state index contributed by atoms with van der Waals surface area (Å²) >= 11 is 0. The molecule has 0 unspecified atom stereocenters. The summed E-state index contributed by atoms with van der Waals surface area (Å²) < 4.78 is 16.3. The molecular weight excluding hydrogens is 268 g/mol. The lowest BCUT2D eigenvalue weighted by Gasteiger charge is -2.17. The van der Waals surface area contributed by atoms with Gasteiger partial charge in [-0.25, -0.2) is 4.98 Å². The molecule has 5 heteroatoms. The molecule has 2 aromatic carbocycles. The maximum atomic E-state index is 5.59. The van der Waals surface area contributed by atoms with Crippen molar-refractivity contribution in [1.29, 1.82) is 0 Å². The van der Waals surface area contributed by atoms with E-state index in [1.807, 2.05) is 36.4 Å². The number of imidazole rings is 1. The number of ether oxygens (including phenoxy) is 3. The van der Waals surface area contributed by atoms with E-state index in [-0.39, 0.29) is 0 Å². The molecule has 1 aliphatic heterocycles. The predicted octanol–water partition coefficient (Wildman–Crippen LogP) is 3.01. The summed E-state index contributed by atoms with van der Waals surface area (Å²) in [6.45, 7) is 1.16. The van der Waals surface area contributed by atoms with Crippen LogP contribution in [0.4, 0.5) is 0 Å². The Kier molecular flexibility index (Phi) is 2.70. The summed E-state index contributed by atoms with van der Waals surface area (Å²) in [7, 11) is 1.65. The van der Waals surface area contributed by atoms with E-state index in [0.29, 0.717) is 13.2 Å². The van der Waals surface area contributed by atoms with Gasteiger partial charge in [0.05, 0.1) is 18.1 Å². The second-order valence-electron chi connectivity index (χ2n) is 4.83. The van der Waals surface area contributed by atoms with Crippen LogP contribution in [0.25, 0.3) is 22.4 Å². The number of aromatic nitrogens is 2. The van der Waals surface area contributed by atoms with Gasteiger partial charge in [-0.15, -0.1) is 0 Å². The number of aromatic amines is 1. The lowest BCUT2D eigenvalue weighted by molar-refractivity contribution is 0.172. The summed E-state index contributed by atoms with van der Waals surface area (Å²) in [6.07, 6.45) is 0. The normalized spacial score (nSPS) is 13.4. The fourth-order valence-electron chi connectivity index (χ4n) is 2.43. The van der Waals surface area contributed by atoms with Crippen LogP contribution in [0.15, 0.2) is 36.4 Å². The molecule has 0 saturated carbocycles. The van der Waals surface area contributed by atoms with Crippen molar-refractivity contribution < 1.29 is 14.2 Å². The molecule has 0 aliphatic carbocycles. The molecule has 0 atom stereocenters. The van der Waals surface area contributed by atoms with Gasteiger partial charge in [0.25, 0.3) is 0 Å². The van der Waals surface area contributed by atoms with Crippen molar-refractivity contribution in [3.8, 4) is 28.6 Å². The van der Waals surface area contributed by atoms with Gasteiger partial charge in [0.15, 0.2) is 11.5 Å². The van der Waals surface area contributed by atoms with Gasteiger partial charge in [-0.2, -0.15) is 0 Å². The molecule has 4 rings (SSSR count). The van der Waals surface area contributed by atoms with E-state index >= 15 is 0 Å². The molecule has 0 saturated heterocycles. The van der Waals surface area contributed by atoms with Crippen LogP contribution in [-0.4, -0.2) is 30.3 Å². The molecule has 21 heavy (non-hydrogen) atoms. The zero-order valence-electron chi connectivity index (χ0n) is 11.6. The number of nitrogens with one attached hydrogen (secondary N) is 1. The fraction of sp³-hybridized carbons (Fsp3) is 0.188. The Labute approximate surface area is 121 Å². The van der Waals surface area contributed by atoms with Crippen LogP contribution in [0.1, 0.15) is 0 Å². The van der Waals surface area contributed by atoms with E-state index < -0.39 is 0 Å². The van der Waals surface area contributed by atoms with Crippen LogP contribution in [0.2, 0.25) is 0 Å². The molecule has 1 aromatic heterocycles. The second kappa shape index (κ2) is 4.70. The maximum absolute atomic E-state index is 5.59. The molecule has 0 amide bonds. The monoisotopic (exact) mass is 282 g/mol. The molecule has 0 bridgehead atoms. The Hall–Kier alpha value is -2.69. The Morgan fingerprint density at radius 2 is 1.76 bits per heavy atom. The van der Waals surface area contributed by atoms with Gasteiger partial charge >= 0.3 is 0 Å². The van der Waals surface area contributed by atoms with Gasteiger partial charge in [0.2, 0.25) is 0 Å². The fourth-order valence-corrected chi connectivity index (χ4v) is 2.43. The highest BCUT2D eigenvalue weighted by Crippen LogP contribution is 2.34. The number of fused-ring (bicyclic) bond motifs is 2. The highest BCUT2D eigenvalue weighted by molar-refractivity contribution is 5.83. The number of methoxy groups -OCH3 is 1. The summed E-state index contributed by atoms with van der Waals surface area (Å²) in [5.41, 5.74) is 2.81. The van der Waals surface area contributed by atoms with E-state index in [1.165, 1.54) is 0 Å². The maximum Gasteiger partial charge on any atom is 0.163 e. The van der Waals surface area contributed by atoms with Gasteiger partial charge in [-0.05, 0) is 24.3 Å². The Morgan fingerprint density at radius 1 is 1.05 bits per heavy atom. The van der Waals surface area contributed by atoms with E-state index in [4.69, 9.17) is 14.2 Å².